The predicted octanol–water partition coefficient (Wildman–Crippen LogP) is 3.64. The molecule has 0 aliphatic heterocycles. The van der Waals surface area contributed by atoms with E-state index < -0.39 is 0 Å². The van der Waals surface area contributed by atoms with Crippen LogP contribution in [0.4, 0.5) is 0 Å². The van der Waals surface area contributed by atoms with Crippen molar-refractivity contribution < 1.29 is 9.47 Å². The van der Waals surface area contributed by atoms with Gasteiger partial charge in [0.05, 0.1) is 18.2 Å². The molecule has 1 N–H and O–H groups in total. The molecule has 0 radical (unpaired) electrons. The van der Waals surface area contributed by atoms with Crippen molar-refractivity contribution >= 4 is 11.6 Å². The zero-order valence-electron chi connectivity index (χ0n) is 12.7. The summed E-state index contributed by atoms with van der Waals surface area (Å²) in [7, 11) is 1.63. The first-order valence-corrected chi connectivity index (χ1v) is 7.54. The molecule has 3 nitrogen and oxygen atoms in total. The molecular weight excluding hydrogens is 274 g/mol. The van der Waals surface area contributed by atoms with Crippen LogP contribution in [0.1, 0.15) is 32.8 Å². The highest BCUT2D eigenvalue weighted by atomic mass is 35.5. The smallest absolute Gasteiger partial charge is 0.137 e. The molecule has 20 heavy (non-hydrogen) atoms. The van der Waals surface area contributed by atoms with E-state index in [9.17, 15) is 0 Å². The lowest BCUT2D eigenvalue weighted by atomic mass is 9.64. The monoisotopic (exact) mass is 297 g/mol. The van der Waals surface area contributed by atoms with Crippen molar-refractivity contribution in [2.45, 2.75) is 45.9 Å². The van der Waals surface area contributed by atoms with Gasteiger partial charge in [-0.05, 0) is 31.0 Å². The normalized spacial score (nSPS) is 24.2. The lowest BCUT2D eigenvalue weighted by Gasteiger charge is -2.52. The van der Waals surface area contributed by atoms with Gasteiger partial charge >= 0.3 is 0 Å². The van der Waals surface area contributed by atoms with Crippen LogP contribution >= 0.6 is 11.6 Å². The van der Waals surface area contributed by atoms with E-state index in [2.05, 4.69) is 26.1 Å². The first-order chi connectivity index (χ1) is 9.48. The van der Waals surface area contributed by atoms with Crippen LogP contribution in [-0.4, -0.2) is 25.9 Å². The largest absolute Gasteiger partial charge is 0.495 e. The summed E-state index contributed by atoms with van der Waals surface area (Å²) in [6.07, 6.45) is 1.44. The van der Waals surface area contributed by atoms with Gasteiger partial charge in [-0.25, -0.2) is 0 Å². The highest BCUT2D eigenvalue weighted by molar-refractivity contribution is 6.32. The van der Waals surface area contributed by atoms with Gasteiger partial charge < -0.3 is 14.8 Å². The summed E-state index contributed by atoms with van der Waals surface area (Å²) < 4.78 is 10.9. The molecule has 0 saturated heterocycles. The van der Waals surface area contributed by atoms with Crippen molar-refractivity contribution in [2.75, 3.05) is 13.7 Å². The Balaban J connectivity index is 1.89. The third-order valence-electron chi connectivity index (χ3n) is 4.31. The third kappa shape index (κ3) is 3.11. The number of halogens is 1. The molecule has 2 rings (SSSR count). The summed E-state index contributed by atoms with van der Waals surface area (Å²) >= 11 is 6.14. The lowest BCUT2D eigenvalue weighted by molar-refractivity contribution is -0.114. The fourth-order valence-corrected chi connectivity index (χ4v) is 3.06. The van der Waals surface area contributed by atoms with Gasteiger partial charge in [-0.2, -0.15) is 0 Å². The molecule has 112 valence electrons. The van der Waals surface area contributed by atoms with Crippen LogP contribution in [0, 0.1) is 5.41 Å². The van der Waals surface area contributed by atoms with E-state index in [1.807, 2.05) is 18.2 Å². The van der Waals surface area contributed by atoms with Gasteiger partial charge in [-0.15, -0.1) is 0 Å². The number of methoxy groups -OCH3 is 1. The molecule has 0 spiro atoms. The third-order valence-corrected chi connectivity index (χ3v) is 4.61. The number of nitrogens with one attached hydrogen (secondary N) is 1. The van der Waals surface area contributed by atoms with Gasteiger partial charge in [-0.3, -0.25) is 0 Å². The maximum Gasteiger partial charge on any atom is 0.137 e. The maximum absolute atomic E-state index is 6.14. The average molecular weight is 298 g/mol. The van der Waals surface area contributed by atoms with Crippen LogP contribution in [0.15, 0.2) is 18.2 Å². The quantitative estimate of drug-likeness (QED) is 0.869. The van der Waals surface area contributed by atoms with Crippen LogP contribution in [0.5, 0.6) is 5.75 Å². The van der Waals surface area contributed by atoms with Crippen LogP contribution in [-0.2, 0) is 11.3 Å². The molecule has 1 aliphatic carbocycles. The molecular formula is C16H24ClNO2. The fourth-order valence-electron chi connectivity index (χ4n) is 2.78. The van der Waals surface area contributed by atoms with E-state index >= 15 is 0 Å². The van der Waals surface area contributed by atoms with E-state index in [0.29, 0.717) is 17.2 Å². The molecule has 2 unspecified atom stereocenters. The Morgan fingerprint density at radius 1 is 1.40 bits per heavy atom. The Bertz CT molecular complexity index is 462. The minimum atomic E-state index is 0.187. The van der Waals surface area contributed by atoms with Crippen LogP contribution in [0.2, 0.25) is 5.02 Å². The molecule has 2 atom stereocenters. The van der Waals surface area contributed by atoms with Gasteiger partial charge in [0.25, 0.3) is 0 Å². The molecule has 1 aliphatic rings. The van der Waals surface area contributed by atoms with Crippen LogP contribution < -0.4 is 10.1 Å². The van der Waals surface area contributed by atoms with Crippen molar-refractivity contribution in [2.24, 2.45) is 5.41 Å². The zero-order valence-corrected chi connectivity index (χ0v) is 13.5. The minimum Gasteiger partial charge on any atom is -0.495 e. The predicted molar refractivity (Wildman–Crippen MR) is 82.4 cm³/mol. The van der Waals surface area contributed by atoms with Gasteiger partial charge in [0.1, 0.15) is 5.75 Å². The molecule has 1 saturated carbocycles. The summed E-state index contributed by atoms with van der Waals surface area (Å²) in [5.74, 6) is 0.718. The Hall–Kier alpha value is -0.770. The Morgan fingerprint density at radius 3 is 2.70 bits per heavy atom. The molecule has 1 aromatic rings. The van der Waals surface area contributed by atoms with Crippen molar-refractivity contribution in [3.63, 3.8) is 0 Å². The molecule has 0 aromatic heterocycles. The highest BCUT2D eigenvalue weighted by Crippen LogP contribution is 2.42. The number of benzene rings is 1. The average Bonchev–Trinajstić information content (AvgIpc) is 2.42. The van der Waals surface area contributed by atoms with Crippen molar-refractivity contribution in [1.29, 1.82) is 0 Å². The first kappa shape index (κ1) is 15.6. The number of rotatable bonds is 6. The Morgan fingerprint density at radius 2 is 2.15 bits per heavy atom. The molecule has 4 heteroatoms. The van der Waals surface area contributed by atoms with Crippen LogP contribution in [0.3, 0.4) is 0 Å². The number of hydrogen-bond acceptors (Lipinski definition) is 3. The van der Waals surface area contributed by atoms with Crippen molar-refractivity contribution in [3.8, 4) is 5.75 Å². The number of ether oxygens (including phenoxy) is 2. The summed E-state index contributed by atoms with van der Waals surface area (Å²) in [5, 5.41) is 4.26. The topological polar surface area (TPSA) is 30.5 Å². The van der Waals surface area contributed by atoms with Gasteiger partial charge in [0, 0.05) is 24.6 Å². The molecule has 1 fully saturated rings. The van der Waals surface area contributed by atoms with E-state index in [-0.39, 0.29) is 5.41 Å². The van der Waals surface area contributed by atoms with E-state index in [1.54, 1.807) is 7.11 Å². The highest BCUT2D eigenvalue weighted by Gasteiger charge is 2.48. The SMILES string of the molecule is CCOC1CC(NCc2ccc(OC)c(Cl)c2)C1(C)C. The summed E-state index contributed by atoms with van der Waals surface area (Å²) in [6, 6.07) is 6.40. The molecule has 0 amide bonds. The fraction of sp³-hybridized carbons (Fsp3) is 0.625. The zero-order chi connectivity index (χ0) is 14.8. The lowest BCUT2D eigenvalue weighted by Crippen LogP contribution is -2.60. The van der Waals surface area contributed by atoms with E-state index in [0.717, 1.165) is 25.3 Å². The number of hydrogen-bond donors (Lipinski definition) is 1. The summed E-state index contributed by atoms with van der Waals surface area (Å²) in [4.78, 5) is 0. The van der Waals surface area contributed by atoms with E-state index in [4.69, 9.17) is 21.1 Å². The second kappa shape index (κ2) is 6.33. The van der Waals surface area contributed by atoms with Crippen LogP contribution in [0.25, 0.3) is 0 Å². The Kier molecular flexibility index (Phi) is 4.95. The molecule has 1 aromatic carbocycles. The molecule has 0 heterocycles. The minimum absolute atomic E-state index is 0.187. The van der Waals surface area contributed by atoms with Gasteiger partial charge in [-0.1, -0.05) is 31.5 Å². The van der Waals surface area contributed by atoms with Gasteiger partial charge in [0.15, 0.2) is 0 Å². The standard InChI is InChI=1S/C16H24ClNO2/c1-5-20-15-9-14(16(15,2)3)18-10-11-6-7-13(19-4)12(17)8-11/h6-8,14-15,18H,5,9-10H2,1-4H3. The first-order valence-electron chi connectivity index (χ1n) is 7.16. The van der Waals surface area contributed by atoms with Gasteiger partial charge in [0.2, 0.25) is 0 Å². The summed E-state index contributed by atoms with van der Waals surface area (Å²) in [5.41, 5.74) is 1.36. The van der Waals surface area contributed by atoms with E-state index in [1.165, 1.54) is 5.56 Å². The molecule has 0 bridgehead atoms. The second-order valence-electron chi connectivity index (χ2n) is 5.90. The summed E-state index contributed by atoms with van der Waals surface area (Å²) in [6.45, 7) is 8.17. The Labute approximate surface area is 126 Å². The maximum atomic E-state index is 6.14. The second-order valence-corrected chi connectivity index (χ2v) is 6.31. The van der Waals surface area contributed by atoms with Crippen molar-refractivity contribution in [3.05, 3.63) is 28.8 Å². The van der Waals surface area contributed by atoms with Crippen molar-refractivity contribution in [1.82, 2.24) is 5.32 Å².